The molecule has 0 heterocycles. The van der Waals surface area contributed by atoms with E-state index in [0.29, 0.717) is 0 Å². The van der Waals surface area contributed by atoms with Gasteiger partial charge in [-0.3, -0.25) is 4.52 Å². The first-order chi connectivity index (χ1) is 4.27. The van der Waals surface area contributed by atoms with Crippen LogP contribution in [0.4, 0.5) is 0 Å². The number of alkyl halides is 2. The number of rotatable bonds is 3. The second-order valence-electron chi connectivity index (χ2n) is 1.82. The van der Waals surface area contributed by atoms with Gasteiger partial charge in [-0.05, 0) is 6.92 Å². The van der Waals surface area contributed by atoms with Gasteiger partial charge in [0.05, 0.1) is 5.88 Å². The molecule has 0 aliphatic carbocycles. The summed E-state index contributed by atoms with van der Waals surface area (Å²) in [5, 5.41) is -1.50. The van der Waals surface area contributed by atoms with Crippen LogP contribution in [0, 0.1) is 0 Å². The third-order valence-corrected chi connectivity index (χ3v) is 2.15. The van der Waals surface area contributed by atoms with E-state index in [1.54, 1.807) is 0 Å². The molecule has 0 spiro atoms. The van der Waals surface area contributed by atoms with Crippen LogP contribution in [0.15, 0.2) is 0 Å². The summed E-state index contributed by atoms with van der Waals surface area (Å²) < 4.78 is 14.2. The fourth-order valence-electron chi connectivity index (χ4n) is 0.272. The molecule has 0 saturated carbocycles. The summed E-state index contributed by atoms with van der Waals surface area (Å²) in [6, 6.07) is 0. The molecule has 0 bridgehead atoms. The highest BCUT2D eigenvalue weighted by Gasteiger charge is 2.30. The van der Waals surface area contributed by atoms with Crippen molar-refractivity contribution < 1.29 is 18.9 Å². The average molecular weight is 209 g/mol. The van der Waals surface area contributed by atoms with Crippen molar-refractivity contribution in [1.29, 1.82) is 0 Å². The van der Waals surface area contributed by atoms with Gasteiger partial charge >= 0.3 is 7.82 Å². The molecule has 10 heavy (non-hydrogen) atoms. The Hall–Kier alpha value is 0.690. The molecular formula is C3H7Cl2O4P. The Morgan fingerprint density at radius 2 is 2.10 bits per heavy atom. The SMILES string of the molecule is CC(Cl)(CCl)OP(=O)(O)O. The van der Waals surface area contributed by atoms with Gasteiger partial charge in [-0.25, -0.2) is 4.57 Å². The molecule has 0 aromatic carbocycles. The second kappa shape index (κ2) is 3.39. The molecule has 4 nitrogen and oxygen atoms in total. The minimum Gasteiger partial charge on any atom is -0.303 e. The topological polar surface area (TPSA) is 66.8 Å². The first kappa shape index (κ1) is 10.7. The zero-order valence-electron chi connectivity index (χ0n) is 5.12. The van der Waals surface area contributed by atoms with Crippen LogP contribution in [-0.2, 0) is 9.09 Å². The van der Waals surface area contributed by atoms with Gasteiger partial charge in [0.15, 0.2) is 5.06 Å². The van der Waals surface area contributed by atoms with Gasteiger partial charge in [0, 0.05) is 0 Å². The number of phosphoric ester groups is 1. The number of hydrogen-bond acceptors (Lipinski definition) is 2. The number of halogens is 2. The van der Waals surface area contributed by atoms with E-state index < -0.39 is 12.9 Å². The van der Waals surface area contributed by atoms with Gasteiger partial charge in [-0.15, -0.1) is 11.6 Å². The maximum absolute atomic E-state index is 10.1. The first-order valence-electron chi connectivity index (χ1n) is 2.28. The molecule has 0 radical (unpaired) electrons. The average Bonchev–Trinajstić information content (AvgIpc) is 1.60. The van der Waals surface area contributed by atoms with E-state index in [1.165, 1.54) is 6.92 Å². The lowest BCUT2D eigenvalue weighted by atomic mass is 10.5. The summed E-state index contributed by atoms with van der Waals surface area (Å²) >= 11 is 10.6. The maximum Gasteiger partial charge on any atom is 0.471 e. The van der Waals surface area contributed by atoms with Gasteiger partial charge in [0.25, 0.3) is 0 Å². The van der Waals surface area contributed by atoms with E-state index in [4.69, 9.17) is 33.0 Å². The van der Waals surface area contributed by atoms with Crippen molar-refractivity contribution in [2.24, 2.45) is 0 Å². The van der Waals surface area contributed by atoms with Crippen molar-refractivity contribution in [3.8, 4) is 0 Å². The van der Waals surface area contributed by atoms with E-state index >= 15 is 0 Å². The summed E-state index contributed by atoms with van der Waals surface area (Å²) in [6.45, 7) is 1.26. The molecule has 0 saturated heterocycles. The van der Waals surface area contributed by atoms with Crippen molar-refractivity contribution in [3.05, 3.63) is 0 Å². The highest BCUT2D eigenvalue weighted by atomic mass is 35.5. The molecule has 0 aliphatic heterocycles. The predicted molar refractivity (Wildman–Crippen MR) is 38.1 cm³/mol. The van der Waals surface area contributed by atoms with Crippen LogP contribution >= 0.6 is 31.0 Å². The Kier molecular flexibility index (Phi) is 3.62. The summed E-state index contributed by atoms with van der Waals surface area (Å²) in [6.07, 6.45) is 0. The Morgan fingerprint density at radius 3 is 2.20 bits per heavy atom. The van der Waals surface area contributed by atoms with Crippen molar-refractivity contribution in [3.63, 3.8) is 0 Å². The van der Waals surface area contributed by atoms with Gasteiger partial charge in [-0.1, -0.05) is 11.6 Å². The summed E-state index contributed by atoms with van der Waals surface area (Å²) in [5.74, 6) is -0.195. The van der Waals surface area contributed by atoms with E-state index in [-0.39, 0.29) is 5.88 Å². The summed E-state index contributed by atoms with van der Waals surface area (Å²) in [5.41, 5.74) is 0. The Labute approximate surface area is 68.3 Å². The maximum atomic E-state index is 10.1. The van der Waals surface area contributed by atoms with Crippen LogP contribution in [0.3, 0.4) is 0 Å². The molecule has 0 aromatic rings. The first-order valence-corrected chi connectivity index (χ1v) is 4.72. The highest BCUT2D eigenvalue weighted by molar-refractivity contribution is 7.46. The Morgan fingerprint density at radius 1 is 1.70 bits per heavy atom. The van der Waals surface area contributed by atoms with Crippen molar-refractivity contribution in [2.45, 2.75) is 12.0 Å². The molecule has 0 aliphatic rings. The van der Waals surface area contributed by atoms with Gasteiger partial charge < -0.3 is 9.79 Å². The molecule has 0 amide bonds. The lowest BCUT2D eigenvalue weighted by Gasteiger charge is -2.19. The normalized spacial score (nSPS) is 18.5. The van der Waals surface area contributed by atoms with Crippen LogP contribution < -0.4 is 0 Å². The molecule has 0 fully saturated rings. The van der Waals surface area contributed by atoms with Crippen LogP contribution in [0.1, 0.15) is 6.92 Å². The molecular weight excluding hydrogens is 202 g/mol. The molecule has 7 heteroatoms. The third kappa shape index (κ3) is 5.47. The van der Waals surface area contributed by atoms with Gasteiger partial charge in [-0.2, -0.15) is 0 Å². The molecule has 2 N–H and O–H groups in total. The van der Waals surface area contributed by atoms with E-state index in [1.807, 2.05) is 0 Å². The smallest absolute Gasteiger partial charge is 0.303 e. The lowest BCUT2D eigenvalue weighted by molar-refractivity contribution is 0.131. The minimum atomic E-state index is -4.52. The van der Waals surface area contributed by atoms with Crippen LogP contribution in [0.25, 0.3) is 0 Å². The second-order valence-corrected chi connectivity index (χ2v) is 4.05. The van der Waals surface area contributed by atoms with E-state index in [9.17, 15) is 4.57 Å². The van der Waals surface area contributed by atoms with Gasteiger partial charge in [0.2, 0.25) is 0 Å². The molecule has 1 atom stereocenters. The van der Waals surface area contributed by atoms with Crippen LogP contribution in [0.2, 0.25) is 0 Å². The number of phosphoric acid groups is 1. The van der Waals surface area contributed by atoms with Crippen LogP contribution in [0.5, 0.6) is 0 Å². The molecule has 0 rings (SSSR count). The largest absolute Gasteiger partial charge is 0.471 e. The molecule has 62 valence electrons. The zero-order chi connectivity index (χ0) is 8.41. The van der Waals surface area contributed by atoms with Crippen LogP contribution in [-0.4, -0.2) is 20.7 Å². The molecule has 1 unspecified atom stereocenters. The van der Waals surface area contributed by atoms with Crippen molar-refractivity contribution >= 4 is 31.0 Å². The summed E-state index contributed by atoms with van der Waals surface area (Å²) in [7, 11) is -4.52. The monoisotopic (exact) mass is 208 g/mol. The Bertz CT molecular complexity index is 153. The van der Waals surface area contributed by atoms with Gasteiger partial charge in [0.1, 0.15) is 0 Å². The van der Waals surface area contributed by atoms with Crippen molar-refractivity contribution in [2.75, 3.05) is 5.88 Å². The highest BCUT2D eigenvalue weighted by Crippen LogP contribution is 2.43. The standard InChI is InChI=1S/C3H7Cl2O4P/c1-3(5,2-4)9-10(6,7)8/h2H2,1H3,(H2,6,7,8). The lowest BCUT2D eigenvalue weighted by Crippen LogP contribution is -2.21. The van der Waals surface area contributed by atoms with E-state index in [0.717, 1.165) is 0 Å². The summed E-state index contributed by atoms with van der Waals surface area (Å²) in [4.78, 5) is 16.5. The fraction of sp³-hybridized carbons (Fsp3) is 1.00. The Balaban J connectivity index is 4.02. The minimum absolute atomic E-state index is 0.195. The number of hydrogen-bond donors (Lipinski definition) is 2. The predicted octanol–water partition coefficient (Wildman–Crippen LogP) is 1.29. The van der Waals surface area contributed by atoms with E-state index in [2.05, 4.69) is 4.52 Å². The van der Waals surface area contributed by atoms with Crippen molar-refractivity contribution in [1.82, 2.24) is 0 Å². The fourth-order valence-corrected chi connectivity index (χ4v) is 1.23. The zero-order valence-corrected chi connectivity index (χ0v) is 7.53. The third-order valence-electron chi connectivity index (χ3n) is 0.548. The quantitative estimate of drug-likeness (QED) is 0.542. The molecule has 0 aromatic heterocycles.